The molecule has 1 heterocycles. The Hall–Kier alpha value is -2.37. The zero-order chi connectivity index (χ0) is 18.2. The summed E-state index contributed by atoms with van der Waals surface area (Å²) in [6, 6.07) is 18.0. The first-order valence-electron chi connectivity index (χ1n) is 9.00. The van der Waals surface area contributed by atoms with Crippen molar-refractivity contribution in [1.82, 2.24) is 10.2 Å². The van der Waals surface area contributed by atoms with Crippen LogP contribution in [0, 0.1) is 0 Å². The van der Waals surface area contributed by atoms with Gasteiger partial charge < -0.3 is 14.8 Å². The minimum atomic E-state index is 0.0129. The number of morpholine rings is 1. The highest BCUT2D eigenvalue weighted by Gasteiger charge is 2.21. The average Bonchev–Trinajstić information content (AvgIpc) is 2.68. The summed E-state index contributed by atoms with van der Waals surface area (Å²) in [7, 11) is 1.63. The van der Waals surface area contributed by atoms with Gasteiger partial charge in [-0.2, -0.15) is 0 Å². The highest BCUT2D eigenvalue weighted by atomic mass is 16.5. The lowest BCUT2D eigenvalue weighted by molar-refractivity contribution is -0.121. The lowest BCUT2D eigenvalue weighted by Gasteiger charge is -2.33. The normalized spacial score (nSPS) is 17.7. The highest BCUT2D eigenvalue weighted by Crippen LogP contribution is 2.12. The van der Waals surface area contributed by atoms with E-state index >= 15 is 0 Å². The Morgan fingerprint density at radius 2 is 1.92 bits per heavy atom. The van der Waals surface area contributed by atoms with Gasteiger partial charge in [0.05, 0.1) is 26.2 Å². The Bertz CT molecular complexity index is 688. The zero-order valence-electron chi connectivity index (χ0n) is 15.2. The summed E-state index contributed by atoms with van der Waals surface area (Å²) in [6.07, 6.45) is 0.400. The second-order valence-electron chi connectivity index (χ2n) is 6.54. The lowest BCUT2D eigenvalue weighted by atomic mass is 10.1. The molecular weight excluding hydrogens is 328 g/mol. The van der Waals surface area contributed by atoms with Gasteiger partial charge in [-0.05, 0) is 23.3 Å². The third-order valence-electron chi connectivity index (χ3n) is 4.52. The molecule has 0 saturated carbocycles. The summed E-state index contributed by atoms with van der Waals surface area (Å²) < 4.78 is 10.9. The molecule has 26 heavy (non-hydrogen) atoms. The van der Waals surface area contributed by atoms with E-state index in [9.17, 15) is 4.79 Å². The molecule has 138 valence electrons. The first-order chi connectivity index (χ1) is 12.7. The third kappa shape index (κ3) is 5.58. The van der Waals surface area contributed by atoms with Gasteiger partial charge in [-0.3, -0.25) is 9.69 Å². The third-order valence-corrected chi connectivity index (χ3v) is 4.52. The van der Waals surface area contributed by atoms with Crippen LogP contribution in [-0.2, 0) is 22.5 Å². The van der Waals surface area contributed by atoms with Crippen LogP contribution in [0.25, 0.3) is 0 Å². The molecule has 0 radical (unpaired) electrons. The molecular formula is C21H26N2O3. The van der Waals surface area contributed by atoms with Gasteiger partial charge in [-0.25, -0.2) is 0 Å². The monoisotopic (exact) mass is 354 g/mol. The maximum atomic E-state index is 12.2. The van der Waals surface area contributed by atoms with Crippen molar-refractivity contribution in [2.45, 2.75) is 19.1 Å². The molecule has 5 heteroatoms. The number of hydrogen-bond donors (Lipinski definition) is 1. The minimum absolute atomic E-state index is 0.0129. The fourth-order valence-electron chi connectivity index (χ4n) is 3.11. The Morgan fingerprint density at radius 3 is 2.65 bits per heavy atom. The van der Waals surface area contributed by atoms with Crippen LogP contribution in [0.4, 0.5) is 0 Å². The van der Waals surface area contributed by atoms with Crippen LogP contribution in [0.1, 0.15) is 11.1 Å². The lowest BCUT2D eigenvalue weighted by Crippen LogP contribution is -2.47. The zero-order valence-corrected chi connectivity index (χ0v) is 15.2. The van der Waals surface area contributed by atoms with Crippen molar-refractivity contribution >= 4 is 5.91 Å². The van der Waals surface area contributed by atoms with Crippen molar-refractivity contribution in [1.29, 1.82) is 0 Å². The van der Waals surface area contributed by atoms with Crippen molar-refractivity contribution < 1.29 is 14.3 Å². The number of carbonyl (C=O) groups is 1. The minimum Gasteiger partial charge on any atom is -0.497 e. The SMILES string of the molecule is COc1ccc(CC(=O)NCC2CN(Cc3ccccc3)CCO2)cc1. The van der Waals surface area contributed by atoms with E-state index in [-0.39, 0.29) is 12.0 Å². The Labute approximate surface area is 154 Å². The number of ether oxygens (including phenoxy) is 2. The summed E-state index contributed by atoms with van der Waals surface area (Å²) in [5.41, 5.74) is 2.27. The van der Waals surface area contributed by atoms with Gasteiger partial charge in [0.1, 0.15) is 5.75 Å². The van der Waals surface area contributed by atoms with Crippen LogP contribution in [-0.4, -0.2) is 50.3 Å². The van der Waals surface area contributed by atoms with Crippen molar-refractivity contribution in [2.24, 2.45) is 0 Å². The van der Waals surface area contributed by atoms with Crippen LogP contribution < -0.4 is 10.1 Å². The number of rotatable bonds is 7. The standard InChI is InChI=1S/C21H26N2O3/c1-25-19-9-7-17(8-10-19)13-21(24)22-14-20-16-23(11-12-26-20)15-18-5-3-2-4-6-18/h2-10,20H,11-16H2,1H3,(H,22,24). The molecule has 2 aromatic carbocycles. The van der Waals surface area contributed by atoms with Crippen LogP contribution in [0.15, 0.2) is 54.6 Å². The molecule has 1 fully saturated rings. The predicted octanol–water partition coefficient (Wildman–Crippen LogP) is 2.25. The molecule has 1 saturated heterocycles. The van der Waals surface area contributed by atoms with Crippen molar-refractivity contribution in [3.63, 3.8) is 0 Å². The van der Waals surface area contributed by atoms with Gasteiger partial charge >= 0.3 is 0 Å². The van der Waals surface area contributed by atoms with E-state index in [4.69, 9.17) is 9.47 Å². The molecule has 1 aliphatic heterocycles. The first kappa shape index (κ1) is 18.4. The average molecular weight is 354 g/mol. The number of nitrogens with zero attached hydrogens (tertiary/aromatic N) is 1. The molecule has 3 rings (SSSR count). The number of hydrogen-bond acceptors (Lipinski definition) is 4. The van der Waals surface area contributed by atoms with Crippen LogP contribution in [0.2, 0.25) is 0 Å². The van der Waals surface area contributed by atoms with Gasteiger partial charge in [0.25, 0.3) is 0 Å². The van der Waals surface area contributed by atoms with Crippen LogP contribution in [0.5, 0.6) is 5.75 Å². The summed E-state index contributed by atoms with van der Waals surface area (Å²) >= 11 is 0. The molecule has 2 aromatic rings. The van der Waals surface area contributed by atoms with Crippen LogP contribution >= 0.6 is 0 Å². The summed E-state index contributed by atoms with van der Waals surface area (Å²) in [6.45, 7) is 3.91. The molecule has 0 spiro atoms. The highest BCUT2D eigenvalue weighted by molar-refractivity contribution is 5.78. The number of amides is 1. The predicted molar refractivity (Wildman–Crippen MR) is 101 cm³/mol. The summed E-state index contributed by atoms with van der Waals surface area (Å²) in [4.78, 5) is 14.5. The molecule has 0 bridgehead atoms. The Kier molecular flexibility index (Phi) is 6.63. The molecule has 0 aromatic heterocycles. The molecule has 0 aliphatic carbocycles. The van der Waals surface area contributed by atoms with Crippen LogP contribution in [0.3, 0.4) is 0 Å². The largest absolute Gasteiger partial charge is 0.497 e. The van der Waals surface area contributed by atoms with E-state index in [1.165, 1.54) is 5.56 Å². The first-order valence-corrected chi connectivity index (χ1v) is 9.00. The summed E-state index contributed by atoms with van der Waals surface area (Å²) in [5, 5.41) is 2.99. The van der Waals surface area contributed by atoms with Gasteiger partial charge in [0.15, 0.2) is 0 Å². The fraction of sp³-hybridized carbons (Fsp3) is 0.381. The Balaban J connectivity index is 1.42. The maximum Gasteiger partial charge on any atom is 0.224 e. The smallest absolute Gasteiger partial charge is 0.224 e. The molecule has 1 amide bonds. The van der Waals surface area contributed by atoms with Gasteiger partial charge in [-0.15, -0.1) is 0 Å². The molecule has 1 atom stereocenters. The number of benzene rings is 2. The second-order valence-corrected chi connectivity index (χ2v) is 6.54. The van der Waals surface area contributed by atoms with E-state index in [1.807, 2.05) is 30.3 Å². The van der Waals surface area contributed by atoms with Gasteiger partial charge in [-0.1, -0.05) is 42.5 Å². The van der Waals surface area contributed by atoms with E-state index in [0.717, 1.165) is 30.9 Å². The number of methoxy groups -OCH3 is 1. The van der Waals surface area contributed by atoms with Crippen molar-refractivity contribution in [3.05, 3.63) is 65.7 Å². The number of nitrogens with one attached hydrogen (secondary N) is 1. The number of carbonyl (C=O) groups excluding carboxylic acids is 1. The Morgan fingerprint density at radius 1 is 1.15 bits per heavy atom. The quantitative estimate of drug-likeness (QED) is 0.829. The van der Waals surface area contributed by atoms with Gasteiger partial charge in [0.2, 0.25) is 5.91 Å². The van der Waals surface area contributed by atoms with E-state index < -0.39 is 0 Å². The second kappa shape index (κ2) is 9.36. The van der Waals surface area contributed by atoms with Gasteiger partial charge in [0, 0.05) is 26.2 Å². The molecule has 1 aliphatic rings. The molecule has 1 unspecified atom stereocenters. The molecule has 1 N–H and O–H groups in total. The van der Waals surface area contributed by atoms with E-state index in [1.54, 1.807) is 7.11 Å². The fourth-order valence-corrected chi connectivity index (χ4v) is 3.11. The van der Waals surface area contributed by atoms with Crippen molar-refractivity contribution in [3.8, 4) is 5.75 Å². The summed E-state index contributed by atoms with van der Waals surface area (Å²) in [5.74, 6) is 0.808. The van der Waals surface area contributed by atoms with E-state index in [0.29, 0.717) is 19.6 Å². The van der Waals surface area contributed by atoms with E-state index in [2.05, 4.69) is 34.5 Å². The van der Waals surface area contributed by atoms with Crippen molar-refractivity contribution in [2.75, 3.05) is 33.4 Å². The topological polar surface area (TPSA) is 50.8 Å². The molecule has 5 nitrogen and oxygen atoms in total. The maximum absolute atomic E-state index is 12.2.